The highest BCUT2D eigenvalue weighted by molar-refractivity contribution is 5.99. The molecule has 17 heavy (non-hydrogen) atoms. The molecule has 2 N–H and O–H groups in total. The SMILES string of the molecule is [2H]C([2H])([2H])N1C(=O)C(NC(=O)O)COc2cccnc21. The van der Waals surface area contributed by atoms with Gasteiger partial charge in [-0.25, -0.2) is 9.78 Å². The van der Waals surface area contributed by atoms with E-state index in [0.29, 0.717) is 4.90 Å². The minimum atomic E-state index is -2.80. The molecule has 0 saturated heterocycles. The third-order valence-electron chi connectivity index (χ3n) is 2.18. The number of ether oxygens (including phenoxy) is 1. The lowest BCUT2D eigenvalue weighted by molar-refractivity contribution is -0.120. The summed E-state index contributed by atoms with van der Waals surface area (Å²) in [7, 11) is 0. The summed E-state index contributed by atoms with van der Waals surface area (Å²) in [6, 6.07) is 1.66. The number of hydrogen-bond acceptors (Lipinski definition) is 4. The van der Waals surface area contributed by atoms with Crippen molar-refractivity contribution in [2.75, 3.05) is 18.5 Å². The van der Waals surface area contributed by atoms with Crippen LogP contribution in [-0.4, -0.2) is 41.7 Å². The molecule has 0 aromatic carbocycles. The van der Waals surface area contributed by atoms with Crippen molar-refractivity contribution in [1.29, 1.82) is 0 Å². The number of carbonyl (C=O) groups is 2. The molecule has 0 radical (unpaired) electrons. The van der Waals surface area contributed by atoms with E-state index >= 15 is 0 Å². The van der Waals surface area contributed by atoms with Gasteiger partial charge in [0.1, 0.15) is 12.6 Å². The third-order valence-corrected chi connectivity index (χ3v) is 2.18. The van der Waals surface area contributed by atoms with E-state index in [1.165, 1.54) is 18.3 Å². The Morgan fingerprint density at radius 1 is 1.82 bits per heavy atom. The number of pyridine rings is 1. The average Bonchev–Trinajstić information content (AvgIpc) is 2.46. The molecule has 0 bridgehead atoms. The summed E-state index contributed by atoms with van der Waals surface area (Å²) >= 11 is 0. The zero-order valence-electron chi connectivity index (χ0n) is 11.6. The number of likely N-dealkylation sites (N-methyl/N-ethyl adjacent to an activating group) is 1. The van der Waals surface area contributed by atoms with Gasteiger partial charge in [0.25, 0.3) is 5.91 Å². The standard InChI is InChI=1S/C10H11N3O4/c1-13-8-7(3-2-4-11-8)17-5-6(9(13)14)12-10(15)16/h2-4,6,12H,5H2,1H3,(H,15,16)/i1D3. The molecule has 1 aromatic rings. The summed E-state index contributed by atoms with van der Waals surface area (Å²) in [5.74, 6) is -0.997. The molecule has 1 aliphatic heterocycles. The van der Waals surface area contributed by atoms with Crippen LogP contribution in [0.2, 0.25) is 0 Å². The molecular weight excluding hydrogens is 226 g/mol. The van der Waals surface area contributed by atoms with Gasteiger partial charge in [-0.1, -0.05) is 0 Å². The van der Waals surface area contributed by atoms with Crippen LogP contribution in [-0.2, 0) is 4.79 Å². The number of nitrogens with one attached hydrogen (secondary N) is 1. The van der Waals surface area contributed by atoms with Gasteiger partial charge in [0.2, 0.25) is 0 Å². The smallest absolute Gasteiger partial charge is 0.405 e. The van der Waals surface area contributed by atoms with Crippen LogP contribution in [0.1, 0.15) is 4.11 Å². The maximum Gasteiger partial charge on any atom is 0.405 e. The fourth-order valence-corrected chi connectivity index (χ4v) is 1.42. The number of anilines is 1. The lowest BCUT2D eigenvalue weighted by atomic mass is 10.3. The van der Waals surface area contributed by atoms with Crippen molar-refractivity contribution in [1.82, 2.24) is 10.3 Å². The summed E-state index contributed by atoms with van der Waals surface area (Å²) < 4.78 is 27.5. The minimum Gasteiger partial charge on any atom is -0.487 e. The third kappa shape index (κ3) is 2.12. The first-order valence-corrected chi connectivity index (χ1v) is 4.72. The first-order chi connectivity index (χ1) is 9.30. The van der Waals surface area contributed by atoms with E-state index in [-0.39, 0.29) is 18.2 Å². The topological polar surface area (TPSA) is 91.8 Å². The predicted molar refractivity (Wildman–Crippen MR) is 58.1 cm³/mol. The highest BCUT2D eigenvalue weighted by Crippen LogP contribution is 2.27. The van der Waals surface area contributed by atoms with Gasteiger partial charge in [-0.15, -0.1) is 0 Å². The van der Waals surface area contributed by atoms with Gasteiger partial charge in [0, 0.05) is 17.3 Å². The summed E-state index contributed by atoms with van der Waals surface area (Å²) in [5, 5.41) is 10.6. The van der Waals surface area contributed by atoms with Gasteiger partial charge < -0.3 is 15.2 Å². The lowest BCUT2D eigenvalue weighted by Crippen LogP contribution is -2.49. The number of carbonyl (C=O) groups excluding carboxylic acids is 1. The Balaban J connectivity index is 2.46. The Morgan fingerprint density at radius 3 is 3.35 bits per heavy atom. The van der Waals surface area contributed by atoms with E-state index in [0.717, 1.165) is 0 Å². The maximum absolute atomic E-state index is 12.2. The number of nitrogens with zero attached hydrogens (tertiary/aromatic N) is 2. The Bertz CT molecular complexity index is 549. The van der Waals surface area contributed by atoms with Crippen molar-refractivity contribution in [2.45, 2.75) is 6.04 Å². The average molecular weight is 240 g/mol. The van der Waals surface area contributed by atoms with Crippen molar-refractivity contribution < 1.29 is 23.5 Å². The van der Waals surface area contributed by atoms with Crippen LogP contribution in [0.15, 0.2) is 18.3 Å². The highest BCUT2D eigenvalue weighted by atomic mass is 16.5. The summed E-state index contributed by atoms with van der Waals surface area (Å²) in [6.07, 6.45) is -0.129. The normalized spacial score (nSPS) is 22.4. The second kappa shape index (κ2) is 4.28. The fourth-order valence-electron chi connectivity index (χ4n) is 1.42. The van der Waals surface area contributed by atoms with E-state index in [4.69, 9.17) is 14.0 Å². The molecule has 2 amide bonds. The molecule has 1 atom stereocenters. The Labute approximate surface area is 101 Å². The van der Waals surface area contributed by atoms with Crippen LogP contribution < -0.4 is 15.0 Å². The fraction of sp³-hybridized carbons (Fsp3) is 0.300. The van der Waals surface area contributed by atoms with Gasteiger partial charge >= 0.3 is 6.09 Å². The van der Waals surface area contributed by atoms with Gasteiger partial charge in [0.05, 0.1) is 0 Å². The van der Waals surface area contributed by atoms with Crippen LogP contribution in [0.4, 0.5) is 10.6 Å². The quantitative estimate of drug-likeness (QED) is 0.725. The largest absolute Gasteiger partial charge is 0.487 e. The van der Waals surface area contributed by atoms with E-state index in [9.17, 15) is 9.59 Å². The summed E-state index contributed by atoms with van der Waals surface area (Å²) in [6.45, 7) is -3.11. The molecule has 2 rings (SSSR count). The van der Waals surface area contributed by atoms with Gasteiger partial charge in [-0.05, 0) is 12.1 Å². The van der Waals surface area contributed by atoms with Crippen molar-refractivity contribution in [3.63, 3.8) is 0 Å². The number of carboxylic acid groups (broad SMARTS) is 1. The van der Waals surface area contributed by atoms with Gasteiger partial charge in [0.15, 0.2) is 11.6 Å². The van der Waals surface area contributed by atoms with Crippen molar-refractivity contribution >= 4 is 17.8 Å². The summed E-state index contributed by atoms with van der Waals surface area (Å²) in [4.78, 5) is 27.2. The second-order valence-electron chi connectivity index (χ2n) is 3.31. The number of rotatable bonds is 1. The highest BCUT2D eigenvalue weighted by Gasteiger charge is 2.30. The van der Waals surface area contributed by atoms with Crippen molar-refractivity contribution in [2.24, 2.45) is 0 Å². The molecular formula is C10H11N3O4. The number of fused-ring (bicyclic) bond motifs is 1. The Kier molecular flexibility index (Phi) is 1.99. The van der Waals surface area contributed by atoms with Gasteiger partial charge in [-0.2, -0.15) is 0 Å². The first-order valence-electron chi connectivity index (χ1n) is 6.22. The van der Waals surface area contributed by atoms with Gasteiger partial charge in [-0.3, -0.25) is 9.69 Å². The molecule has 0 saturated carbocycles. The molecule has 1 aromatic heterocycles. The Morgan fingerprint density at radius 2 is 2.65 bits per heavy atom. The molecule has 0 fully saturated rings. The van der Waals surface area contributed by atoms with Crippen LogP contribution in [0.5, 0.6) is 5.75 Å². The maximum atomic E-state index is 12.2. The van der Waals surface area contributed by atoms with Crippen molar-refractivity contribution in [3.05, 3.63) is 18.3 Å². The Hall–Kier alpha value is -2.31. The molecule has 0 aliphatic carbocycles. The lowest BCUT2D eigenvalue weighted by Gasteiger charge is -2.18. The van der Waals surface area contributed by atoms with Crippen LogP contribution in [0.3, 0.4) is 0 Å². The molecule has 2 heterocycles. The van der Waals surface area contributed by atoms with E-state index in [2.05, 4.69) is 4.98 Å². The zero-order valence-corrected chi connectivity index (χ0v) is 8.58. The number of hydrogen-bond donors (Lipinski definition) is 2. The van der Waals surface area contributed by atoms with Crippen LogP contribution in [0, 0.1) is 0 Å². The zero-order chi connectivity index (χ0) is 14.9. The molecule has 1 aliphatic rings. The first kappa shape index (κ1) is 7.88. The van der Waals surface area contributed by atoms with Crippen molar-refractivity contribution in [3.8, 4) is 5.75 Å². The second-order valence-corrected chi connectivity index (χ2v) is 3.31. The molecule has 0 spiro atoms. The molecule has 7 nitrogen and oxygen atoms in total. The van der Waals surface area contributed by atoms with E-state index in [1.54, 1.807) is 0 Å². The van der Waals surface area contributed by atoms with Crippen LogP contribution in [0.25, 0.3) is 0 Å². The summed E-state index contributed by atoms with van der Waals surface area (Å²) in [5.41, 5.74) is 0. The van der Waals surface area contributed by atoms with Crippen LogP contribution >= 0.6 is 0 Å². The molecule has 1 unspecified atom stereocenters. The number of aromatic nitrogens is 1. The predicted octanol–water partition coefficient (Wildman–Crippen LogP) is 0.0730. The monoisotopic (exact) mass is 240 g/mol. The number of amides is 2. The molecule has 7 heteroatoms. The van der Waals surface area contributed by atoms with E-state index < -0.39 is 25.0 Å². The molecule has 90 valence electrons. The minimum absolute atomic E-state index is 0.103. The van der Waals surface area contributed by atoms with E-state index in [1.807, 2.05) is 5.32 Å².